The number of carbonyl (C=O) groups is 1. The van der Waals surface area contributed by atoms with Crippen LogP contribution in [0.25, 0.3) is 0 Å². The van der Waals surface area contributed by atoms with Crippen LogP contribution in [0.3, 0.4) is 0 Å². The van der Waals surface area contributed by atoms with Crippen LogP contribution in [0.4, 0.5) is 14.9 Å². The predicted molar refractivity (Wildman–Crippen MR) is 115 cm³/mol. The molecule has 1 aliphatic heterocycles. The van der Waals surface area contributed by atoms with E-state index in [-0.39, 0.29) is 12.1 Å². The molecule has 162 valence electrons. The van der Waals surface area contributed by atoms with Crippen LogP contribution in [0.2, 0.25) is 0 Å². The van der Waals surface area contributed by atoms with E-state index in [1.165, 1.54) is 4.90 Å². The molecule has 1 N–H and O–H groups in total. The van der Waals surface area contributed by atoms with Crippen molar-refractivity contribution in [3.8, 4) is 5.75 Å². The summed E-state index contributed by atoms with van der Waals surface area (Å²) < 4.78 is 20.7. The van der Waals surface area contributed by atoms with Crippen molar-refractivity contribution in [2.24, 2.45) is 0 Å². The summed E-state index contributed by atoms with van der Waals surface area (Å²) >= 11 is 0. The molecule has 0 bridgehead atoms. The van der Waals surface area contributed by atoms with Crippen LogP contribution in [0.1, 0.15) is 32.1 Å². The lowest BCUT2D eigenvalue weighted by Crippen LogP contribution is -2.49. The van der Waals surface area contributed by atoms with Gasteiger partial charge in [0.05, 0.1) is 12.8 Å². The highest BCUT2D eigenvalue weighted by Gasteiger charge is 2.36. The Kier molecular flexibility index (Phi) is 7.22. The number of para-hydroxylation sites is 2. The number of nitrogens with one attached hydrogen (secondary N) is 1. The normalized spacial score (nSPS) is 25.5. The number of rotatable bonds is 6. The number of benzene rings is 1. The minimum Gasteiger partial charge on any atom is -0.495 e. The molecule has 3 rings (SSSR count). The molecule has 2 aliphatic rings. The van der Waals surface area contributed by atoms with Gasteiger partial charge >= 0.3 is 6.03 Å². The summed E-state index contributed by atoms with van der Waals surface area (Å²) in [7, 11) is 5.16. The summed E-state index contributed by atoms with van der Waals surface area (Å²) in [5.41, 5.74) is 0.0359. The van der Waals surface area contributed by atoms with Gasteiger partial charge in [-0.2, -0.15) is 0 Å². The van der Waals surface area contributed by atoms with Crippen molar-refractivity contribution in [1.29, 1.82) is 0 Å². The smallest absolute Gasteiger partial charge is 0.317 e. The van der Waals surface area contributed by atoms with Gasteiger partial charge in [-0.05, 0) is 44.2 Å². The van der Waals surface area contributed by atoms with Crippen LogP contribution in [0.5, 0.6) is 5.75 Å². The monoisotopic (exact) mass is 406 g/mol. The molecule has 0 unspecified atom stereocenters. The number of halogens is 1. The number of alkyl halides is 1. The van der Waals surface area contributed by atoms with E-state index in [1.54, 1.807) is 21.2 Å². The van der Waals surface area contributed by atoms with E-state index < -0.39 is 5.67 Å². The molecule has 29 heavy (non-hydrogen) atoms. The maximum atomic E-state index is 15.3. The molecule has 0 spiro atoms. The van der Waals surface area contributed by atoms with Crippen molar-refractivity contribution >= 4 is 11.7 Å². The molecule has 1 aromatic rings. The van der Waals surface area contributed by atoms with Crippen LogP contribution >= 0.6 is 0 Å². The highest BCUT2D eigenvalue weighted by atomic mass is 19.1. The van der Waals surface area contributed by atoms with Crippen molar-refractivity contribution in [3.63, 3.8) is 0 Å². The standard InChI is InChI=1S/C22H35FN4O2/c1-25(2)21(28)24-18-8-10-22(23,11-9-18)12-13-26-14-16-27(17-15-26)19-6-4-5-7-20(19)29-3/h4-7,18H,8-17H2,1-3H3,(H,24,28). The number of anilines is 1. The second-order valence-corrected chi connectivity index (χ2v) is 8.52. The van der Waals surface area contributed by atoms with Gasteiger partial charge in [0.2, 0.25) is 0 Å². The molecular formula is C22H35FN4O2. The molecule has 1 saturated carbocycles. The second kappa shape index (κ2) is 9.65. The Balaban J connectivity index is 1.41. The number of amides is 2. The summed E-state index contributed by atoms with van der Waals surface area (Å²) in [5.74, 6) is 0.904. The predicted octanol–water partition coefficient (Wildman–Crippen LogP) is 3.13. The first-order chi connectivity index (χ1) is 13.9. The molecule has 0 aromatic heterocycles. The summed E-state index contributed by atoms with van der Waals surface area (Å²) in [6.45, 7) is 4.53. The Hall–Kier alpha value is -2.02. The van der Waals surface area contributed by atoms with Crippen molar-refractivity contribution < 1.29 is 13.9 Å². The topological polar surface area (TPSA) is 48.1 Å². The molecule has 1 aromatic carbocycles. The zero-order valence-corrected chi connectivity index (χ0v) is 18.0. The SMILES string of the molecule is COc1ccccc1N1CCN(CCC2(F)CCC(NC(=O)N(C)C)CC2)CC1. The van der Waals surface area contributed by atoms with Crippen molar-refractivity contribution in [1.82, 2.24) is 15.1 Å². The molecule has 1 saturated heterocycles. The summed E-state index contributed by atoms with van der Waals surface area (Å²) in [5, 5.41) is 2.99. The van der Waals surface area contributed by atoms with Gasteiger partial charge in [-0.1, -0.05) is 12.1 Å². The number of ether oxygens (including phenoxy) is 1. The third-order valence-electron chi connectivity index (χ3n) is 6.29. The maximum absolute atomic E-state index is 15.3. The van der Waals surface area contributed by atoms with Gasteiger partial charge in [0.1, 0.15) is 11.4 Å². The molecule has 1 heterocycles. The minimum absolute atomic E-state index is 0.0886. The van der Waals surface area contributed by atoms with Gasteiger partial charge in [0.25, 0.3) is 0 Å². The Morgan fingerprint density at radius 3 is 2.48 bits per heavy atom. The Labute approximate surface area is 174 Å². The molecular weight excluding hydrogens is 371 g/mol. The third-order valence-corrected chi connectivity index (χ3v) is 6.29. The van der Waals surface area contributed by atoms with Gasteiger partial charge in [-0.15, -0.1) is 0 Å². The van der Waals surface area contributed by atoms with Crippen molar-refractivity contribution in [3.05, 3.63) is 24.3 Å². The quantitative estimate of drug-likeness (QED) is 0.789. The summed E-state index contributed by atoms with van der Waals surface area (Å²) in [4.78, 5) is 18.0. The molecule has 6 nitrogen and oxygen atoms in total. The summed E-state index contributed by atoms with van der Waals surface area (Å²) in [6, 6.07) is 8.12. The van der Waals surface area contributed by atoms with Gasteiger partial charge in [0, 0.05) is 52.9 Å². The zero-order valence-electron chi connectivity index (χ0n) is 18.0. The second-order valence-electron chi connectivity index (χ2n) is 8.52. The minimum atomic E-state index is -1.10. The zero-order chi connectivity index (χ0) is 20.9. The van der Waals surface area contributed by atoms with Crippen LogP contribution in [-0.2, 0) is 0 Å². The third kappa shape index (κ3) is 5.75. The van der Waals surface area contributed by atoms with Gasteiger partial charge in [-0.25, -0.2) is 9.18 Å². The van der Waals surface area contributed by atoms with Gasteiger partial charge in [-0.3, -0.25) is 4.90 Å². The number of methoxy groups -OCH3 is 1. The van der Waals surface area contributed by atoms with E-state index in [0.717, 1.165) is 57.0 Å². The average Bonchev–Trinajstić information content (AvgIpc) is 2.74. The van der Waals surface area contributed by atoms with E-state index in [9.17, 15) is 4.79 Å². The number of urea groups is 1. The van der Waals surface area contributed by atoms with E-state index >= 15 is 4.39 Å². The van der Waals surface area contributed by atoms with Gasteiger partial charge < -0.3 is 19.9 Å². The molecule has 0 atom stereocenters. The van der Waals surface area contributed by atoms with Gasteiger partial charge in [0.15, 0.2) is 0 Å². The first kappa shape index (κ1) is 21.7. The van der Waals surface area contributed by atoms with E-state index in [4.69, 9.17) is 4.74 Å². The highest BCUT2D eigenvalue weighted by molar-refractivity contribution is 5.73. The van der Waals surface area contributed by atoms with Crippen LogP contribution in [0, 0.1) is 0 Å². The first-order valence-electron chi connectivity index (χ1n) is 10.7. The fourth-order valence-electron chi connectivity index (χ4n) is 4.30. The fourth-order valence-corrected chi connectivity index (χ4v) is 4.30. The summed E-state index contributed by atoms with van der Waals surface area (Å²) in [6.07, 6.45) is 3.09. The average molecular weight is 407 g/mol. The number of hydrogen-bond acceptors (Lipinski definition) is 4. The molecule has 2 fully saturated rings. The number of nitrogens with zero attached hydrogens (tertiary/aromatic N) is 3. The lowest BCUT2D eigenvalue weighted by Gasteiger charge is -2.39. The van der Waals surface area contributed by atoms with Crippen molar-refractivity contribution in [2.45, 2.75) is 43.8 Å². The fraction of sp³-hybridized carbons (Fsp3) is 0.682. The van der Waals surface area contributed by atoms with Crippen LogP contribution < -0.4 is 15.0 Å². The largest absolute Gasteiger partial charge is 0.495 e. The molecule has 0 radical (unpaired) electrons. The maximum Gasteiger partial charge on any atom is 0.317 e. The van der Waals surface area contributed by atoms with E-state index in [2.05, 4.69) is 21.2 Å². The van der Waals surface area contributed by atoms with E-state index in [1.807, 2.05) is 18.2 Å². The van der Waals surface area contributed by atoms with Crippen molar-refractivity contribution in [2.75, 3.05) is 58.8 Å². The lowest BCUT2D eigenvalue weighted by molar-refractivity contribution is 0.0681. The Bertz CT molecular complexity index is 669. The number of carbonyl (C=O) groups excluding carboxylic acids is 1. The lowest BCUT2D eigenvalue weighted by atomic mass is 9.81. The van der Waals surface area contributed by atoms with Crippen LogP contribution in [0.15, 0.2) is 24.3 Å². The number of piperazine rings is 1. The number of hydrogen-bond donors (Lipinski definition) is 1. The highest BCUT2D eigenvalue weighted by Crippen LogP contribution is 2.35. The molecule has 2 amide bonds. The van der Waals surface area contributed by atoms with Crippen LogP contribution in [-0.4, -0.2) is 81.5 Å². The molecule has 1 aliphatic carbocycles. The first-order valence-corrected chi connectivity index (χ1v) is 10.7. The Morgan fingerprint density at radius 1 is 1.21 bits per heavy atom. The Morgan fingerprint density at radius 2 is 1.86 bits per heavy atom. The molecule has 7 heteroatoms. The van der Waals surface area contributed by atoms with E-state index in [0.29, 0.717) is 19.3 Å².